The SMILES string of the molecule is [B][n+]1ccc(-c2ccc(N)cc2)cc1N=C1c2cccc3cccc(c23)N1C. The van der Waals surface area contributed by atoms with Gasteiger partial charge >= 0.3 is 13.8 Å². The Morgan fingerprint density at radius 3 is 2.46 bits per heavy atom. The molecule has 1 aliphatic rings. The number of aromatic nitrogens is 1. The van der Waals surface area contributed by atoms with Gasteiger partial charge in [0.25, 0.3) is 5.84 Å². The second-order valence-corrected chi connectivity index (χ2v) is 6.98. The molecule has 0 bridgehead atoms. The first-order chi connectivity index (χ1) is 13.6. The average Bonchev–Trinajstić information content (AvgIpc) is 2.98. The van der Waals surface area contributed by atoms with Crippen molar-refractivity contribution in [3.05, 3.63) is 84.6 Å². The predicted octanol–water partition coefficient (Wildman–Crippen LogP) is 3.84. The van der Waals surface area contributed by atoms with E-state index in [1.54, 1.807) is 4.48 Å². The van der Waals surface area contributed by atoms with Crippen molar-refractivity contribution in [3.63, 3.8) is 0 Å². The maximum absolute atomic E-state index is 6.19. The summed E-state index contributed by atoms with van der Waals surface area (Å²) in [6.07, 6.45) is 1.83. The van der Waals surface area contributed by atoms with Crippen molar-refractivity contribution in [3.8, 4) is 11.1 Å². The van der Waals surface area contributed by atoms with E-state index in [2.05, 4.69) is 41.3 Å². The summed E-state index contributed by atoms with van der Waals surface area (Å²) in [6.45, 7) is 0. The molecule has 2 radical (unpaired) electrons. The fourth-order valence-corrected chi connectivity index (χ4v) is 3.77. The Morgan fingerprint density at radius 2 is 1.68 bits per heavy atom. The second kappa shape index (κ2) is 6.24. The highest BCUT2D eigenvalue weighted by Crippen LogP contribution is 2.37. The van der Waals surface area contributed by atoms with Gasteiger partial charge in [-0.05, 0) is 51.8 Å². The monoisotopic (exact) mass is 361 g/mol. The highest BCUT2D eigenvalue weighted by atomic mass is 15.2. The molecule has 0 amide bonds. The fourth-order valence-electron chi connectivity index (χ4n) is 3.77. The van der Waals surface area contributed by atoms with Gasteiger partial charge in [-0.1, -0.05) is 36.4 Å². The zero-order valence-corrected chi connectivity index (χ0v) is 15.5. The number of nitrogens with zero attached hydrogens (tertiary/aromatic N) is 3. The molecule has 1 aliphatic heterocycles. The van der Waals surface area contributed by atoms with Crippen molar-refractivity contribution in [1.82, 2.24) is 0 Å². The summed E-state index contributed by atoms with van der Waals surface area (Å²) in [7, 11) is 8.23. The molecule has 1 aromatic heterocycles. The third-order valence-electron chi connectivity index (χ3n) is 5.23. The number of hydrogen-bond acceptors (Lipinski definition) is 2. The first-order valence-corrected chi connectivity index (χ1v) is 9.13. The summed E-state index contributed by atoms with van der Waals surface area (Å²) in [4.78, 5) is 7.06. The largest absolute Gasteiger partial charge is 0.409 e. The summed E-state index contributed by atoms with van der Waals surface area (Å²) in [5.41, 5.74) is 10.9. The number of amidine groups is 1. The number of benzene rings is 3. The van der Waals surface area contributed by atoms with Crippen LogP contribution in [0.15, 0.2) is 84.0 Å². The molecule has 2 heterocycles. The summed E-state index contributed by atoms with van der Waals surface area (Å²) < 4.78 is 1.55. The molecule has 5 rings (SSSR count). The van der Waals surface area contributed by atoms with Crippen molar-refractivity contribution in [1.29, 1.82) is 0 Å². The van der Waals surface area contributed by atoms with Crippen LogP contribution in [0.25, 0.3) is 21.9 Å². The van der Waals surface area contributed by atoms with Gasteiger partial charge in [-0.2, -0.15) is 0 Å². The summed E-state index contributed by atoms with van der Waals surface area (Å²) in [5, 5.41) is 2.44. The third-order valence-corrected chi connectivity index (χ3v) is 5.23. The molecule has 0 unspecified atom stereocenters. The van der Waals surface area contributed by atoms with Crippen molar-refractivity contribution >= 4 is 41.8 Å². The molecule has 0 saturated heterocycles. The van der Waals surface area contributed by atoms with E-state index < -0.39 is 0 Å². The lowest BCUT2D eigenvalue weighted by Gasteiger charge is -2.10. The molecule has 0 saturated carbocycles. The van der Waals surface area contributed by atoms with E-state index in [0.717, 1.165) is 33.9 Å². The van der Waals surface area contributed by atoms with E-state index in [0.29, 0.717) is 5.82 Å². The van der Waals surface area contributed by atoms with Gasteiger partial charge in [0.1, 0.15) is 0 Å². The second-order valence-electron chi connectivity index (χ2n) is 6.98. The normalized spacial score (nSPS) is 14.2. The van der Waals surface area contributed by atoms with Gasteiger partial charge in [0.05, 0.1) is 17.4 Å². The van der Waals surface area contributed by atoms with Gasteiger partial charge in [-0.25, -0.2) is 0 Å². The van der Waals surface area contributed by atoms with E-state index in [4.69, 9.17) is 18.7 Å². The van der Waals surface area contributed by atoms with E-state index >= 15 is 0 Å². The zero-order chi connectivity index (χ0) is 19.3. The molecule has 0 aliphatic carbocycles. The van der Waals surface area contributed by atoms with E-state index in [1.165, 1.54) is 10.8 Å². The highest BCUT2D eigenvalue weighted by Gasteiger charge is 2.29. The topological polar surface area (TPSA) is 45.5 Å². The number of hydrogen-bond donors (Lipinski definition) is 1. The van der Waals surface area contributed by atoms with Gasteiger partial charge < -0.3 is 10.6 Å². The Kier molecular flexibility index (Phi) is 3.69. The molecule has 0 atom stereocenters. The number of nitrogens with two attached hydrogens (primary N) is 1. The molecule has 0 spiro atoms. The quantitative estimate of drug-likeness (QED) is 0.436. The fraction of sp³-hybridized carbons (Fsp3) is 0.0435. The van der Waals surface area contributed by atoms with Gasteiger partial charge in [0.15, 0.2) is 0 Å². The van der Waals surface area contributed by atoms with Crippen molar-refractivity contribution < 1.29 is 4.48 Å². The van der Waals surface area contributed by atoms with Gasteiger partial charge in [0.2, 0.25) is 0 Å². The Morgan fingerprint density at radius 1 is 0.929 bits per heavy atom. The van der Waals surface area contributed by atoms with Crippen LogP contribution in [0.1, 0.15) is 5.56 Å². The first-order valence-electron chi connectivity index (χ1n) is 9.13. The number of aliphatic imine (C=N–C) groups is 1. The van der Waals surface area contributed by atoms with Crippen LogP contribution in [0.5, 0.6) is 0 Å². The maximum atomic E-state index is 6.19. The summed E-state index contributed by atoms with van der Waals surface area (Å²) >= 11 is 0. The van der Waals surface area contributed by atoms with Crippen LogP contribution in [0.4, 0.5) is 17.2 Å². The van der Waals surface area contributed by atoms with Crippen LogP contribution in [-0.2, 0) is 0 Å². The standard InChI is InChI=1S/C23H18BN4/c1-27-20-7-3-5-16-4-2-6-19(22(16)20)23(27)26-21-14-17(12-13-28(21)24)15-8-10-18(25)11-9-15/h2-14H,25H2,1H3/q+1. The maximum Gasteiger partial charge on any atom is 0.409 e. The van der Waals surface area contributed by atoms with Crippen LogP contribution in [0.2, 0.25) is 0 Å². The molecule has 5 heteroatoms. The minimum atomic E-state index is 0.681. The number of nitrogen functional groups attached to an aromatic ring is 1. The van der Waals surface area contributed by atoms with Crippen molar-refractivity contribution in [2.24, 2.45) is 4.99 Å². The van der Waals surface area contributed by atoms with E-state index in [9.17, 15) is 0 Å². The van der Waals surface area contributed by atoms with Crippen LogP contribution in [-0.4, -0.2) is 20.9 Å². The number of pyridine rings is 1. The minimum absolute atomic E-state index is 0.681. The van der Waals surface area contributed by atoms with Crippen molar-refractivity contribution in [2.45, 2.75) is 0 Å². The summed E-state index contributed by atoms with van der Waals surface area (Å²) in [5.74, 6) is 1.57. The molecular weight excluding hydrogens is 343 g/mol. The van der Waals surface area contributed by atoms with Gasteiger partial charge in [0, 0.05) is 24.2 Å². The Labute approximate surface area is 165 Å². The molecule has 4 aromatic rings. The van der Waals surface area contributed by atoms with E-state index in [1.807, 2.05) is 49.6 Å². The molecule has 132 valence electrons. The third kappa shape index (κ3) is 2.55. The zero-order valence-electron chi connectivity index (χ0n) is 15.5. The first kappa shape index (κ1) is 16.6. The lowest BCUT2D eigenvalue weighted by molar-refractivity contribution is -0.506. The van der Waals surface area contributed by atoms with E-state index in [-0.39, 0.29) is 0 Å². The lowest BCUT2D eigenvalue weighted by Crippen LogP contribution is -2.32. The molecule has 4 nitrogen and oxygen atoms in total. The Bertz CT molecular complexity index is 1240. The van der Waals surface area contributed by atoms with Crippen LogP contribution in [0.3, 0.4) is 0 Å². The smallest absolute Gasteiger partial charge is 0.399 e. The van der Waals surface area contributed by atoms with Crippen molar-refractivity contribution in [2.75, 3.05) is 17.7 Å². The Hall–Kier alpha value is -3.60. The van der Waals surface area contributed by atoms with Crippen LogP contribution in [0, 0.1) is 0 Å². The Balaban J connectivity index is 1.65. The lowest BCUT2D eigenvalue weighted by atomic mass is 10.1. The molecule has 28 heavy (non-hydrogen) atoms. The molecule has 0 fully saturated rings. The number of anilines is 2. The minimum Gasteiger partial charge on any atom is -0.399 e. The predicted molar refractivity (Wildman–Crippen MR) is 116 cm³/mol. The highest BCUT2D eigenvalue weighted by molar-refractivity contribution is 6.27. The summed E-state index contributed by atoms with van der Waals surface area (Å²) in [6, 6.07) is 24.4. The van der Waals surface area contributed by atoms with Gasteiger partial charge in [-0.3, -0.25) is 4.48 Å². The van der Waals surface area contributed by atoms with Crippen LogP contribution < -0.4 is 15.1 Å². The average molecular weight is 361 g/mol. The molecule has 3 aromatic carbocycles. The van der Waals surface area contributed by atoms with Crippen LogP contribution >= 0.6 is 0 Å². The number of rotatable bonds is 2. The molecule has 2 N–H and O–H groups in total. The molecular formula is C23H18BN4+. The van der Waals surface area contributed by atoms with Gasteiger partial charge in [-0.15, -0.1) is 0 Å².